The van der Waals surface area contributed by atoms with E-state index in [1.165, 1.54) is 0 Å². The molecular weight excluding hydrogens is 268 g/mol. The molecule has 18 heavy (non-hydrogen) atoms. The number of sulfone groups is 1. The van der Waals surface area contributed by atoms with Crippen molar-refractivity contribution in [3.8, 4) is 0 Å². The number of rotatable bonds is 5. The second-order valence-corrected chi connectivity index (χ2v) is 8.09. The molecule has 0 aliphatic carbocycles. The molecule has 0 aromatic carbocycles. The van der Waals surface area contributed by atoms with Crippen LogP contribution in [0.3, 0.4) is 0 Å². The van der Waals surface area contributed by atoms with Crippen LogP contribution in [0.1, 0.15) is 24.0 Å². The van der Waals surface area contributed by atoms with Crippen LogP contribution in [0.2, 0.25) is 0 Å². The Bertz CT molecular complexity index is 496. The van der Waals surface area contributed by atoms with Gasteiger partial charge in [0.2, 0.25) is 0 Å². The van der Waals surface area contributed by atoms with E-state index in [0.29, 0.717) is 11.5 Å². The third-order valence-electron chi connectivity index (χ3n) is 3.36. The number of nitrogens with zero attached hydrogens (tertiary/aromatic N) is 1. The molecule has 6 heteroatoms. The van der Waals surface area contributed by atoms with Gasteiger partial charge in [0.05, 0.1) is 16.5 Å². The van der Waals surface area contributed by atoms with Gasteiger partial charge < -0.3 is 5.32 Å². The first-order valence-electron chi connectivity index (χ1n) is 6.35. The van der Waals surface area contributed by atoms with Crippen molar-refractivity contribution < 1.29 is 8.42 Å². The SMILES string of the molecule is CCNC(Cc1nc(C)cs1)C1CCS(=O)(=O)C1. The van der Waals surface area contributed by atoms with Crippen molar-refractivity contribution in [2.24, 2.45) is 5.92 Å². The van der Waals surface area contributed by atoms with Crippen LogP contribution in [-0.4, -0.2) is 37.5 Å². The van der Waals surface area contributed by atoms with Crippen LogP contribution in [0.25, 0.3) is 0 Å². The Morgan fingerprint density at radius 3 is 2.89 bits per heavy atom. The van der Waals surface area contributed by atoms with Gasteiger partial charge in [-0.1, -0.05) is 6.92 Å². The smallest absolute Gasteiger partial charge is 0.150 e. The minimum atomic E-state index is -2.80. The van der Waals surface area contributed by atoms with E-state index in [2.05, 4.69) is 17.2 Å². The topological polar surface area (TPSA) is 59.1 Å². The molecule has 0 amide bonds. The third-order valence-corrected chi connectivity index (χ3v) is 6.15. The summed E-state index contributed by atoms with van der Waals surface area (Å²) in [5.74, 6) is 0.907. The van der Waals surface area contributed by atoms with Crippen LogP contribution in [0.5, 0.6) is 0 Å². The summed E-state index contributed by atoms with van der Waals surface area (Å²) in [6.07, 6.45) is 1.62. The Kier molecular flexibility index (Phi) is 4.40. The van der Waals surface area contributed by atoms with Gasteiger partial charge in [0.15, 0.2) is 9.84 Å². The average molecular weight is 288 g/mol. The highest BCUT2D eigenvalue weighted by Crippen LogP contribution is 2.24. The summed E-state index contributed by atoms with van der Waals surface area (Å²) in [4.78, 5) is 4.47. The maximum Gasteiger partial charge on any atom is 0.150 e. The lowest BCUT2D eigenvalue weighted by Gasteiger charge is -2.22. The highest BCUT2D eigenvalue weighted by atomic mass is 32.2. The highest BCUT2D eigenvalue weighted by Gasteiger charge is 2.33. The molecule has 2 unspecified atom stereocenters. The van der Waals surface area contributed by atoms with Crippen molar-refractivity contribution in [3.63, 3.8) is 0 Å². The van der Waals surface area contributed by atoms with E-state index < -0.39 is 9.84 Å². The fourth-order valence-electron chi connectivity index (χ4n) is 2.49. The van der Waals surface area contributed by atoms with E-state index in [9.17, 15) is 8.42 Å². The summed E-state index contributed by atoms with van der Waals surface area (Å²) >= 11 is 1.66. The minimum Gasteiger partial charge on any atom is -0.314 e. The zero-order valence-electron chi connectivity index (χ0n) is 10.8. The van der Waals surface area contributed by atoms with Gasteiger partial charge in [0, 0.05) is 23.5 Å². The van der Waals surface area contributed by atoms with E-state index in [4.69, 9.17) is 0 Å². The molecule has 0 saturated carbocycles. The standard InChI is InChI=1S/C12H20N2O2S2/c1-3-13-11(6-12-14-9(2)7-17-12)10-4-5-18(15,16)8-10/h7,10-11,13H,3-6,8H2,1-2H3. The number of likely N-dealkylation sites (N-methyl/N-ethyl adjacent to an activating group) is 1. The fraction of sp³-hybridized carbons (Fsp3) is 0.750. The number of thiazole rings is 1. The number of hydrogen-bond donors (Lipinski definition) is 1. The summed E-state index contributed by atoms with van der Waals surface area (Å²) in [5.41, 5.74) is 1.05. The second kappa shape index (κ2) is 5.67. The summed E-state index contributed by atoms with van der Waals surface area (Å²) in [6, 6.07) is 0.234. The summed E-state index contributed by atoms with van der Waals surface area (Å²) in [7, 11) is -2.80. The van der Waals surface area contributed by atoms with E-state index in [-0.39, 0.29) is 12.0 Å². The number of aromatic nitrogens is 1. The number of aryl methyl sites for hydroxylation is 1. The number of nitrogens with one attached hydrogen (secondary N) is 1. The lowest BCUT2D eigenvalue weighted by Crippen LogP contribution is -2.38. The van der Waals surface area contributed by atoms with Crippen LogP contribution >= 0.6 is 11.3 Å². The van der Waals surface area contributed by atoms with Gasteiger partial charge in [-0.3, -0.25) is 0 Å². The van der Waals surface area contributed by atoms with Crippen molar-refractivity contribution in [2.45, 2.75) is 32.7 Å². The molecule has 1 N–H and O–H groups in total. The van der Waals surface area contributed by atoms with E-state index >= 15 is 0 Å². The molecule has 4 nitrogen and oxygen atoms in total. The Labute approximate surface area is 113 Å². The predicted molar refractivity (Wildman–Crippen MR) is 74.8 cm³/mol. The van der Waals surface area contributed by atoms with Crippen molar-refractivity contribution >= 4 is 21.2 Å². The maximum absolute atomic E-state index is 11.6. The largest absolute Gasteiger partial charge is 0.314 e. The molecule has 2 heterocycles. The highest BCUT2D eigenvalue weighted by molar-refractivity contribution is 7.91. The van der Waals surface area contributed by atoms with Crippen LogP contribution in [0, 0.1) is 12.8 Å². The second-order valence-electron chi connectivity index (χ2n) is 4.91. The normalized spacial score (nSPS) is 24.2. The van der Waals surface area contributed by atoms with E-state index in [0.717, 1.165) is 30.1 Å². The molecule has 1 aromatic heterocycles. The van der Waals surface area contributed by atoms with Crippen molar-refractivity contribution in [3.05, 3.63) is 16.1 Å². The molecule has 1 aliphatic heterocycles. The van der Waals surface area contributed by atoms with E-state index in [1.807, 2.05) is 12.3 Å². The molecule has 1 saturated heterocycles. The first-order chi connectivity index (χ1) is 8.50. The van der Waals surface area contributed by atoms with E-state index in [1.54, 1.807) is 11.3 Å². The molecule has 2 rings (SSSR count). The molecular formula is C12H20N2O2S2. The Balaban J connectivity index is 2.04. The molecule has 102 valence electrons. The molecule has 1 fully saturated rings. The lowest BCUT2D eigenvalue weighted by molar-refractivity contribution is 0.385. The fourth-order valence-corrected chi connectivity index (χ4v) is 5.20. The summed E-state index contributed by atoms with van der Waals surface area (Å²) < 4.78 is 23.1. The lowest BCUT2D eigenvalue weighted by atomic mass is 9.96. The summed E-state index contributed by atoms with van der Waals surface area (Å²) in [6.45, 7) is 4.91. The van der Waals surface area contributed by atoms with Crippen LogP contribution < -0.4 is 5.32 Å². The molecule has 1 aromatic rings. The zero-order chi connectivity index (χ0) is 13.2. The first kappa shape index (κ1) is 14.0. The summed E-state index contributed by atoms with van der Waals surface area (Å²) in [5, 5.41) is 6.57. The molecule has 0 bridgehead atoms. The molecule has 1 aliphatic rings. The molecule has 0 radical (unpaired) electrons. The van der Waals surface area contributed by atoms with Gasteiger partial charge in [0.1, 0.15) is 0 Å². The van der Waals surface area contributed by atoms with Crippen molar-refractivity contribution in [1.29, 1.82) is 0 Å². The average Bonchev–Trinajstić information content (AvgIpc) is 2.84. The predicted octanol–water partition coefficient (Wildman–Crippen LogP) is 1.41. The Morgan fingerprint density at radius 2 is 2.39 bits per heavy atom. The van der Waals surface area contributed by atoms with Crippen molar-refractivity contribution in [1.82, 2.24) is 10.3 Å². The van der Waals surface area contributed by atoms with Gasteiger partial charge in [0.25, 0.3) is 0 Å². The first-order valence-corrected chi connectivity index (χ1v) is 9.05. The van der Waals surface area contributed by atoms with Gasteiger partial charge in [-0.15, -0.1) is 11.3 Å². The molecule has 0 spiro atoms. The Morgan fingerprint density at radius 1 is 1.61 bits per heavy atom. The van der Waals surface area contributed by atoms with Crippen LogP contribution in [0.4, 0.5) is 0 Å². The monoisotopic (exact) mass is 288 g/mol. The maximum atomic E-state index is 11.6. The van der Waals surface area contributed by atoms with Gasteiger partial charge in [-0.05, 0) is 25.8 Å². The van der Waals surface area contributed by atoms with Gasteiger partial charge in [-0.2, -0.15) is 0 Å². The minimum absolute atomic E-state index is 0.234. The quantitative estimate of drug-likeness (QED) is 0.890. The number of hydrogen-bond acceptors (Lipinski definition) is 5. The van der Waals surface area contributed by atoms with Crippen LogP contribution in [-0.2, 0) is 16.3 Å². The van der Waals surface area contributed by atoms with Crippen LogP contribution in [0.15, 0.2) is 5.38 Å². The zero-order valence-corrected chi connectivity index (χ0v) is 12.5. The van der Waals surface area contributed by atoms with Gasteiger partial charge >= 0.3 is 0 Å². The van der Waals surface area contributed by atoms with Crippen molar-refractivity contribution in [2.75, 3.05) is 18.1 Å². The third kappa shape index (κ3) is 3.52. The molecule has 2 atom stereocenters. The van der Waals surface area contributed by atoms with Gasteiger partial charge in [-0.25, -0.2) is 13.4 Å². The Hall–Kier alpha value is -0.460.